The molecule has 0 aromatic heterocycles. The lowest BCUT2D eigenvalue weighted by molar-refractivity contribution is -0.140. The van der Waals surface area contributed by atoms with E-state index >= 15 is 0 Å². The highest BCUT2D eigenvalue weighted by Gasteiger charge is 1.99. The maximum absolute atomic E-state index is 10.6. The SMILES string of the molecule is CCOPCC(=O)OCC. The monoisotopic (exact) mass is 164 g/mol. The minimum Gasteiger partial charge on any atom is -0.466 e. The Labute approximate surface area is 63.0 Å². The highest BCUT2D eigenvalue weighted by Crippen LogP contribution is 2.10. The van der Waals surface area contributed by atoms with Gasteiger partial charge in [0.05, 0.1) is 12.8 Å². The van der Waals surface area contributed by atoms with Crippen molar-refractivity contribution in [1.29, 1.82) is 0 Å². The van der Waals surface area contributed by atoms with Crippen molar-refractivity contribution in [2.75, 3.05) is 19.4 Å². The highest BCUT2D eigenvalue weighted by molar-refractivity contribution is 7.33. The van der Waals surface area contributed by atoms with Crippen molar-refractivity contribution in [3.05, 3.63) is 0 Å². The van der Waals surface area contributed by atoms with Gasteiger partial charge in [-0.1, -0.05) is 0 Å². The second-order valence-electron chi connectivity index (χ2n) is 1.56. The lowest BCUT2D eigenvalue weighted by Gasteiger charge is -2.00. The Morgan fingerprint density at radius 1 is 1.40 bits per heavy atom. The van der Waals surface area contributed by atoms with E-state index in [1.165, 1.54) is 0 Å². The first-order chi connectivity index (χ1) is 4.81. The van der Waals surface area contributed by atoms with Gasteiger partial charge >= 0.3 is 5.97 Å². The third-order valence-electron chi connectivity index (χ3n) is 0.768. The summed E-state index contributed by atoms with van der Waals surface area (Å²) in [6.07, 6.45) is 0.391. The second-order valence-corrected chi connectivity index (χ2v) is 2.49. The molecule has 0 radical (unpaired) electrons. The minimum atomic E-state index is -0.172. The molecule has 3 nitrogen and oxygen atoms in total. The van der Waals surface area contributed by atoms with E-state index in [0.29, 0.717) is 19.4 Å². The summed E-state index contributed by atoms with van der Waals surface area (Å²) in [7, 11) is 0.248. The summed E-state index contributed by atoms with van der Waals surface area (Å²) in [5, 5.41) is 0. The Morgan fingerprint density at radius 3 is 2.60 bits per heavy atom. The van der Waals surface area contributed by atoms with Crippen molar-refractivity contribution in [3.8, 4) is 0 Å². The van der Waals surface area contributed by atoms with Gasteiger partial charge in [-0.15, -0.1) is 0 Å². The van der Waals surface area contributed by atoms with Crippen LogP contribution < -0.4 is 0 Å². The van der Waals surface area contributed by atoms with Gasteiger partial charge in [-0.25, -0.2) is 0 Å². The van der Waals surface area contributed by atoms with Crippen LogP contribution in [0.4, 0.5) is 0 Å². The van der Waals surface area contributed by atoms with E-state index in [4.69, 9.17) is 4.52 Å². The van der Waals surface area contributed by atoms with Crippen LogP contribution in [0.15, 0.2) is 0 Å². The van der Waals surface area contributed by atoms with Crippen molar-refractivity contribution in [2.24, 2.45) is 0 Å². The van der Waals surface area contributed by atoms with Crippen molar-refractivity contribution in [1.82, 2.24) is 0 Å². The Morgan fingerprint density at radius 2 is 2.10 bits per heavy atom. The Kier molecular flexibility index (Phi) is 6.88. The summed E-state index contributed by atoms with van der Waals surface area (Å²) < 4.78 is 9.65. The first kappa shape index (κ1) is 9.86. The van der Waals surface area contributed by atoms with E-state index < -0.39 is 0 Å². The van der Waals surface area contributed by atoms with Gasteiger partial charge in [-0.05, 0) is 13.8 Å². The van der Waals surface area contributed by atoms with Gasteiger partial charge in [-0.2, -0.15) is 0 Å². The quantitative estimate of drug-likeness (QED) is 0.347. The van der Waals surface area contributed by atoms with Crippen LogP contribution in [0, 0.1) is 0 Å². The molecule has 4 heteroatoms. The van der Waals surface area contributed by atoms with E-state index in [1.54, 1.807) is 6.92 Å². The molecule has 0 heterocycles. The largest absolute Gasteiger partial charge is 0.466 e. The van der Waals surface area contributed by atoms with E-state index in [0.717, 1.165) is 0 Å². The smallest absolute Gasteiger partial charge is 0.312 e. The topological polar surface area (TPSA) is 35.5 Å². The van der Waals surface area contributed by atoms with Crippen LogP contribution in [0.5, 0.6) is 0 Å². The van der Waals surface area contributed by atoms with Gasteiger partial charge in [0.15, 0.2) is 0 Å². The van der Waals surface area contributed by atoms with Gasteiger partial charge in [0, 0.05) is 15.4 Å². The molecule has 0 saturated heterocycles. The lowest BCUT2D eigenvalue weighted by Crippen LogP contribution is -2.05. The molecule has 0 aliphatic carbocycles. The molecule has 0 fully saturated rings. The highest BCUT2D eigenvalue weighted by atomic mass is 31.1. The summed E-state index contributed by atoms with van der Waals surface area (Å²) in [5.74, 6) is -0.172. The maximum Gasteiger partial charge on any atom is 0.312 e. The first-order valence-electron chi connectivity index (χ1n) is 3.31. The molecular weight excluding hydrogens is 151 g/mol. The first-order valence-corrected chi connectivity index (χ1v) is 4.43. The molecule has 0 aromatic rings. The van der Waals surface area contributed by atoms with Crippen LogP contribution in [-0.4, -0.2) is 25.3 Å². The van der Waals surface area contributed by atoms with Crippen molar-refractivity contribution < 1.29 is 14.1 Å². The standard InChI is InChI=1S/C6H13O3P/c1-3-8-6(7)5-10-9-4-2/h10H,3-5H2,1-2H3. The number of carbonyl (C=O) groups is 1. The van der Waals surface area contributed by atoms with Crippen LogP contribution in [0.25, 0.3) is 0 Å². The fraction of sp³-hybridized carbons (Fsp3) is 0.833. The molecule has 1 unspecified atom stereocenters. The zero-order chi connectivity index (χ0) is 7.82. The van der Waals surface area contributed by atoms with Crippen molar-refractivity contribution >= 4 is 14.8 Å². The van der Waals surface area contributed by atoms with E-state index in [-0.39, 0.29) is 14.8 Å². The maximum atomic E-state index is 10.6. The molecule has 60 valence electrons. The summed E-state index contributed by atoms with van der Waals surface area (Å²) in [5.41, 5.74) is 0. The van der Waals surface area contributed by atoms with Gasteiger partial charge in [0.1, 0.15) is 0 Å². The molecule has 0 N–H and O–H groups in total. The summed E-state index contributed by atoms with van der Waals surface area (Å²) in [4.78, 5) is 10.6. The normalized spacial score (nSPS) is 10.6. The van der Waals surface area contributed by atoms with Crippen LogP contribution in [0.1, 0.15) is 13.8 Å². The predicted octanol–water partition coefficient (Wildman–Crippen LogP) is 1.18. The molecule has 0 spiro atoms. The van der Waals surface area contributed by atoms with Crippen LogP contribution in [-0.2, 0) is 14.1 Å². The second kappa shape index (κ2) is 6.97. The molecule has 0 saturated carbocycles. The van der Waals surface area contributed by atoms with Crippen LogP contribution in [0.2, 0.25) is 0 Å². The lowest BCUT2D eigenvalue weighted by atomic mass is 10.8. The average molecular weight is 164 g/mol. The molecule has 0 aromatic carbocycles. The van der Waals surface area contributed by atoms with Crippen LogP contribution in [0.3, 0.4) is 0 Å². The number of hydrogen-bond acceptors (Lipinski definition) is 3. The fourth-order valence-electron chi connectivity index (χ4n) is 0.424. The molecule has 0 aliphatic rings. The van der Waals surface area contributed by atoms with Crippen molar-refractivity contribution in [2.45, 2.75) is 13.8 Å². The summed E-state index contributed by atoms with van der Waals surface area (Å²) >= 11 is 0. The average Bonchev–Trinajstić information content (AvgIpc) is 1.89. The molecule has 0 rings (SSSR count). The van der Waals surface area contributed by atoms with Crippen LogP contribution >= 0.6 is 8.81 Å². The van der Waals surface area contributed by atoms with E-state index in [9.17, 15) is 4.79 Å². The number of rotatable bonds is 5. The molecule has 0 bridgehead atoms. The minimum absolute atomic E-state index is 0.172. The Hall–Kier alpha value is -0.140. The molecular formula is C6H13O3P. The van der Waals surface area contributed by atoms with Gasteiger partial charge < -0.3 is 9.26 Å². The van der Waals surface area contributed by atoms with Gasteiger partial charge in [0.2, 0.25) is 0 Å². The number of ether oxygens (including phenoxy) is 1. The molecule has 0 amide bonds. The third kappa shape index (κ3) is 5.99. The zero-order valence-electron chi connectivity index (χ0n) is 6.35. The number of hydrogen-bond donors (Lipinski definition) is 0. The molecule has 0 aliphatic heterocycles. The van der Waals surface area contributed by atoms with E-state index in [2.05, 4.69) is 4.74 Å². The Bertz CT molecular complexity index is 95.0. The third-order valence-corrected chi connectivity index (χ3v) is 1.69. The van der Waals surface area contributed by atoms with Crippen molar-refractivity contribution in [3.63, 3.8) is 0 Å². The summed E-state index contributed by atoms with van der Waals surface area (Å²) in [6, 6.07) is 0. The molecule has 10 heavy (non-hydrogen) atoms. The molecule has 1 atom stereocenters. The summed E-state index contributed by atoms with van der Waals surface area (Å²) in [6.45, 7) is 4.81. The fourth-order valence-corrected chi connectivity index (χ4v) is 0.950. The zero-order valence-corrected chi connectivity index (χ0v) is 7.35. The van der Waals surface area contributed by atoms with Gasteiger partial charge in [0.25, 0.3) is 0 Å². The number of esters is 1. The van der Waals surface area contributed by atoms with Gasteiger partial charge in [-0.3, -0.25) is 4.79 Å². The van der Waals surface area contributed by atoms with E-state index in [1.807, 2.05) is 6.92 Å². The number of carbonyl (C=O) groups excluding carboxylic acids is 1. The predicted molar refractivity (Wildman–Crippen MR) is 41.4 cm³/mol. The Balaban J connectivity index is 3.05.